The number of hydrogen-bond acceptors (Lipinski definition) is 2. The highest BCUT2D eigenvalue weighted by atomic mass is 16.5. The molecule has 1 aromatic heterocycles. The summed E-state index contributed by atoms with van der Waals surface area (Å²) in [7, 11) is 1.36. The van der Waals surface area contributed by atoms with E-state index in [4.69, 9.17) is 0 Å². The van der Waals surface area contributed by atoms with Crippen LogP contribution in [0.25, 0.3) is 0 Å². The third-order valence-electron chi connectivity index (χ3n) is 1.33. The molecule has 0 aliphatic heterocycles. The lowest BCUT2D eigenvalue weighted by Gasteiger charge is -1.91. The van der Waals surface area contributed by atoms with E-state index in [-0.39, 0.29) is 6.09 Å². The predicted octanol–water partition coefficient (Wildman–Crippen LogP) is 0.897. The van der Waals surface area contributed by atoms with Crippen LogP contribution in [0.4, 0.5) is 4.79 Å². The first-order valence-electron chi connectivity index (χ1n) is 3.30. The zero-order valence-electron chi connectivity index (χ0n) is 6.57. The van der Waals surface area contributed by atoms with Crippen molar-refractivity contribution in [2.45, 2.75) is 6.92 Å². The van der Waals surface area contributed by atoms with Crippen LogP contribution in [0.2, 0.25) is 0 Å². The summed E-state index contributed by atoms with van der Waals surface area (Å²) in [5.74, 6) is 0. The first-order valence-corrected chi connectivity index (χ1v) is 3.30. The van der Waals surface area contributed by atoms with Crippen molar-refractivity contribution in [1.82, 2.24) is 0 Å². The number of hydrogen-bond donors (Lipinski definition) is 0. The highest BCUT2D eigenvalue weighted by molar-refractivity contribution is 5.56. The van der Waals surface area contributed by atoms with Crippen LogP contribution in [0.1, 0.15) is 5.56 Å². The van der Waals surface area contributed by atoms with Gasteiger partial charge in [0.2, 0.25) is 0 Å². The van der Waals surface area contributed by atoms with Gasteiger partial charge in [-0.15, -0.1) is 0 Å². The highest BCUT2D eigenvalue weighted by Crippen LogP contribution is 1.89. The Kier molecular flexibility index (Phi) is 2.21. The Labute approximate surface area is 65.2 Å². The summed E-state index contributed by atoms with van der Waals surface area (Å²) in [6, 6.07) is 3.71. The lowest BCUT2D eigenvalue weighted by molar-refractivity contribution is -0.585. The van der Waals surface area contributed by atoms with Gasteiger partial charge in [-0.1, -0.05) is 4.57 Å². The lowest BCUT2D eigenvalue weighted by Crippen LogP contribution is -2.42. The van der Waals surface area contributed by atoms with Gasteiger partial charge in [0.25, 0.3) is 0 Å². The maximum absolute atomic E-state index is 10.9. The summed E-state index contributed by atoms with van der Waals surface area (Å²) in [6.45, 7) is 1.92. The fourth-order valence-corrected chi connectivity index (χ4v) is 0.812. The van der Waals surface area contributed by atoms with Crippen LogP contribution >= 0.6 is 0 Å². The smallest absolute Gasteiger partial charge is 0.415 e. The van der Waals surface area contributed by atoms with Gasteiger partial charge in [0, 0.05) is 11.6 Å². The van der Waals surface area contributed by atoms with E-state index in [1.165, 1.54) is 11.7 Å². The molecule has 0 unspecified atom stereocenters. The van der Waals surface area contributed by atoms with Crippen LogP contribution in [-0.2, 0) is 4.74 Å². The highest BCUT2D eigenvalue weighted by Gasteiger charge is 2.12. The molecule has 0 spiro atoms. The number of aromatic nitrogens is 1. The number of ether oxygens (including phenoxy) is 1. The summed E-state index contributed by atoms with van der Waals surface area (Å²) < 4.78 is 5.91. The second kappa shape index (κ2) is 3.14. The van der Waals surface area contributed by atoms with E-state index in [0.717, 1.165) is 5.56 Å². The minimum Gasteiger partial charge on any atom is -0.415 e. The number of carbonyl (C=O) groups is 1. The van der Waals surface area contributed by atoms with Gasteiger partial charge in [0.15, 0.2) is 12.4 Å². The molecule has 0 radical (unpaired) electrons. The van der Waals surface area contributed by atoms with Gasteiger partial charge >= 0.3 is 6.09 Å². The number of rotatable bonds is 0. The Morgan fingerprint density at radius 2 is 2.36 bits per heavy atom. The van der Waals surface area contributed by atoms with E-state index in [9.17, 15) is 4.79 Å². The molecule has 0 aromatic carbocycles. The van der Waals surface area contributed by atoms with Gasteiger partial charge in [0.1, 0.15) is 0 Å². The van der Waals surface area contributed by atoms with Crippen LogP contribution < -0.4 is 4.57 Å². The predicted molar refractivity (Wildman–Crippen MR) is 39.2 cm³/mol. The van der Waals surface area contributed by atoms with E-state index in [2.05, 4.69) is 4.74 Å². The van der Waals surface area contributed by atoms with Crippen LogP contribution in [0, 0.1) is 6.92 Å². The second-order valence-corrected chi connectivity index (χ2v) is 2.26. The molecule has 0 fully saturated rings. The second-order valence-electron chi connectivity index (χ2n) is 2.26. The van der Waals surface area contributed by atoms with Crippen LogP contribution in [0.3, 0.4) is 0 Å². The summed E-state index contributed by atoms with van der Waals surface area (Å²) >= 11 is 0. The fourth-order valence-electron chi connectivity index (χ4n) is 0.812. The van der Waals surface area contributed by atoms with Gasteiger partial charge in [-0.25, -0.2) is 0 Å². The Hall–Kier alpha value is -1.38. The lowest BCUT2D eigenvalue weighted by atomic mass is 10.3. The first kappa shape index (κ1) is 7.72. The van der Waals surface area contributed by atoms with Crippen LogP contribution in [-0.4, -0.2) is 13.2 Å². The number of carbonyl (C=O) groups excluding carboxylic acids is 1. The Bertz CT molecular complexity index is 271. The Morgan fingerprint density at radius 1 is 1.64 bits per heavy atom. The van der Waals surface area contributed by atoms with E-state index in [1.807, 2.05) is 13.0 Å². The van der Waals surface area contributed by atoms with Gasteiger partial charge in [0.05, 0.1) is 7.11 Å². The molecule has 0 bridgehead atoms. The minimum atomic E-state index is -0.367. The molecule has 1 aromatic rings. The summed E-state index contributed by atoms with van der Waals surface area (Å²) in [5, 5.41) is 0. The standard InChI is InChI=1S/C8H10NO2/c1-7-4-3-5-9(6-7)8(10)11-2/h3-6H,1-2H3/q+1. The molecule has 0 saturated carbocycles. The summed E-state index contributed by atoms with van der Waals surface area (Å²) in [6.07, 6.45) is 3.00. The molecule has 3 heteroatoms. The number of methoxy groups -OCH3 is 1. The summed E-state index contributed by atoms with van der Waals surface area (Å²) in [4.78, 5) is 10.9. The molecular weight excluding hydrogens is 142 g/mol. The van der Waals surface area contributed by atoms with Crippen molar-refractivity contribution in [1.29, 1.82) is 0 Å². The number of aryl methyl sites for hydroxylation is 1. The van der Waals surface area contributed by atoms with E-state index in [1.54, 1.807) is 18.5 Å². The molecule has 0 aliphatic rings. The number of nitrogens with zero attached hydrogens (tertiary/aromatic N) is 1. The largest absolute Gasteiger partial charge is 0.601 e. The maximum atomic E-state index is 10.9. The topological polar surface area (TPSA) is 30.2 Å². The minimum absolute atomic E-state index is 0.367. The van der Waals surface area contributed by atoms with E-state index >= 15 is 0 Å². The Morgan fingerprint density at radius 3 is 2.91 bits per heavy atom. The Balaban J connectivity index is 2.96. The molecule has 0 atom stereocenters. The maximum Gasteiger partial charge on any atom is 0.601 e. The van der Waals surface area contributed by atoms with Crippen molar-refractivity contribution in [3.05, 3.63) is 30.1 Å². The van der Waals surface area contributed by atoms with Crippen molar-refractivity contribution in [3.8, 4) is 0 Å². The zero-order valence-corrected chi connectivity index (χ0v) is 6.57. The van der Waals surface area contributed by atoms with Crippen molar-refractivity contribution in [2.24, 2.45) is 0 Å². The molecule has 58 valence electrons. The van der Waals surface area contributed by atoms with Gasteiger partial charge in [-0.05, 0) is 13.0 Å². The molecule has 0 N–H and O–H groups in total. The quantitative estimate of drug-likeness (QED) is 0.517. The van der Waals surface area contributed by atoms with Crippen molar-refractivity contribution >= 4 is 6.09 Å². The SMILES string of the molecule is COC(=O)[n+]1cccc(C)c1. The van der Waals surface area contributed by atoms with Gasteiger partial charge in [-0.2, -0.15) is 4.79 Å². The molecule has 11 heavy (non-hydrogen) atoms. The third-order valence-corrected chi connectivity index (χ3v) is 1.33. The van der Waals surface area contributed by atoms with Crippen LogP contribution in [0.15, 0.2) is 24.5 Å². The monoisotopic (exact) mass is 152 g/mol. The third kappa shape index (κ3) is 1.77. The first-order chi connectivity index (χ1) is 5.24. The summed E-state index contributed by atoms with van der Waals surface area (Å²) in [5.41, 5.74) is 1.03. The zero-order chi connectivity index (χ0) is 8.27. The average molecular weight is 152 g/mol. The average Bonchev–Trinajstić information content (AvgIpc) is 2.03. The molecular formula is C8H10NO2+. The van der Waals surface area contributed by atoms with Crippen molar-refractivity contribution < 1.29 is 14.1 Å². The molecule has 3 nitrogen and oxygen atoms in total. The number of pyridine rings is 1. The van der Waals surface area contributed by atoms with Crippen molar-refractivity contribution in [2.75, 3.05) is 7.11 Å². The molecule has 0 amide bonds. The van der Waals surface area contributed by atoms with Crippen molar-refractivity contribution in [3.63, 3.8) is 0 Å². The van der Waals surface area contributed by atoms with E-state index < -0.39 is 0 Å². The van der Waals surface area contributed by atoms with Gasteiger partial charge in [-0.3, -0.25) is 0 Å². The van der Waals surface area contributed by atoms with Gasteiger partial charge < -0.3 is 4.74 Å². The molecule has 1 rings (SSSR count). The fraction of sp³-hybridized carbons (Fsp3) is 0.250. The molecule has 1 heterocycles. The molecule has 0 saturated heterocycles. The normalized spacial score (nSPS) is 9.27. The molecule has 0 aliphatic carbocycles. The van der Waals surface area contributed by atoms with E-state index in [0.29, 0.717) is 0 Å². The van der Waals surface area contributed by atoms with Crippen LogP contribution in [0.5, 0.6) is 0 Å².